The zero-order valence-electron chi connectivity index (χ0n) is 11.3. The lowest BCUT2D eigenvalue weighted by molar-refractivity contribution is -0.139. The highest BCUT2D eigenvalue weighted by Gasteiger charge is 2.09. The van der Waals surface area contributed by atoms with Gasteiger partial charge in [-0.2, -0.15) is 0 Å². The topological polar surface area (TPSA) is 43.6 Å². The van der Waals surface area contributed by atoms with E-state index in [2.05, 4.69) is 4.99 Å². The summed E-state index contributed by atoms with van der Waals surface area (Å²) in [4.78, 5) is 16.8. The number of aromatic nitrogens is 1. The Morgan fingerprint density at radius 3 is 2.70 bits per heavy atom. The molecular weight excluding hydrogens is 296 g/mol. The third-order valence-electron chi connectivity index (χ3n) is 2.80. The van der Waals surface area contributed by atoms with Crippen LogP contribution in [0.25, 0.3) is 0 Å². The summed E-state index contributed by atoms with van der Waals surface area (Å²) in [5.74, 6) is -0.247. The minimum atomic E-state index is -0.247. The van der Waals surface area contributed by atoms with Crippen LogP contribution in [0.15, 0.2) is 34.6 Å². The second-order valence-electron chi connectivity index (χ2n) is 4.10. The van der Waals surface area contributed by atoms with Crippen molar-refractivity contribution in [3.05, 3.63) is 45.2 Å². The fourth-order valence-electron chi connectivity index (χ4n) is 1.78. The third-order valence-corrected chi connectivity index (χ3v) is 3.96. The van der Waals surface area contributed by atoms with Crippen LogP contribution in [0.2, 0.25) is 5.02 Å². The molecule has 6 heteroatoms. The Labute approximate surface area is 126 Å². The summed E-state index contributed by atoms with van der Waals surface area (Å²) in [6.45, 7) is 2.77. The molecule has 2 aromatic rings. The standard InChI is InChI=1S/C14H15ClN2O2S/c1-3-17-12(8-13(18)19-2)9-20-14(17)16-11-6-4-10(15)5-7-11/h4-7,9H,3,8H2,1-2H3. The van der Waals surface area contributed by atoms with Gasteiger partial charge in [-0.1, -0.05) is 11.6 Å². The quantitative estimate of drug-likeness (QED) is 0.814. The molecule has 1 aromatic heterocycles. The van der Waals surface area contributed by atoms with Crippen molar-refractivity contribution in [3.63, 3.8) is 0 Å². The number of hydrogen-bond donors (Lipinski definition) is 0. The van der Waals surface area contributed by atoms with Crippen molar-refractivity contribution in [2.45, 2.75) is 19.9 Å². The SMILES string of the molecule is CCn1c(CC(=O)OC)csc1=Nc1ccc(Cl)cc1. The second kappa shape index (κ2) is 6.72. The fourth-order valence-corrected chi connectivity index (χ4v) is 2.89. The minimum Gasteiger partial charge on any atom is -0.469 e. The Morgan fingerprint density at radius 2 is 2.10 bits per heavy atom. The molecule has 0 aliphatic heterocycles. The van der Waals surface area contributed by atoms with E-state index in [1.807, 2.05) is 29.0 Å². The summed E-state index contributed by atoms with van der Waals surface area (Å²) >= 11 is 7.36. The first-order valence-electron chi connectivity index (χ1n) is 6.18. The van der Waals surface area contributed by atoms with Crippen molar-refractivity contribution in [2.24, 2.45) is 4.99 Å². The smallest absolute Gasteiger partial charge is 0.311 e. The molecule has 0 radical (unpaired) electrons. The maximum atomic E-state index is 11.4. The molecular formula is C14H15ClN2O2S. The normalized spacial score (nSPS) is 11.7. The molecule has 0 N–H and O–H groups in total. The van der Waals surface area contributed by atoms with Gasteiger partial charge in [-0.05, 0) is 31.2 Å². The zero-order chi connectivity index (χ0) is 14.5. The fraction of sp³-hybridized carbons (Fsp3) is 0.286. The number of carbonyl (C=O) groups excluding carboxylic acids is 1. The molecule has 0 aliphatic carbocycles. The molecule has 4 nitrogen and oxygen atoms in total. The lowest BCUT2D eigenvalue weighted by Crippen LogP contribution is -2.18. The number of rotatable bonds is 4. The Bertz CT molecular complexity index is 659. The third kappa shape index (κ3) is 3.49. The summed E-state index contributed by atoms with van der Waals surface area (Å²) in [6, 6.07) is 7.34. The maximum absolute atomic E-state index is 11.4. The minimum absolute atomic E-state index is 0.247. The van der Waals surface area contributed by atoms with Gasteiger partial charge in [0.25, 0.3) is 0 Å². The number of ether oxygens (including phenoxy) is 1. The highest BCUT2D eigenvalue weighted by atomic mass is 35.5. The van der Waals surface area contributed by atoms with Crippen LogP contribution >= 0.6 is 22.9 Å². The van der Waals surface area contributed by atoms with E-state index in [0.717, 1.165) is 22.7 Å². The van der Waals surface area contributed by atoms with Crippen LogP contribution in [0.5, 0.6) is 0 Å². The van der Waals surface area contributed by atoms with Crippen LogP contribution in [-0.4, -0.2) is 17.6 Å². The van der Waals surface area contributed by atoms with Crippen molar-refractivity contribution >= 4 is 34.6 Å². The predicted molar refractivity (Wildman–Crippen MR) is 80.4 cm³/mol. The molecule has 1 aromatic carbocycles. The Balaban J connectivity index is 2.37. The number of methoxy groups -OCH3 is 1. The molecule has 0 fully saturated rings. The van der Waals surface area contributed by atoms with E-state index in [9.17, 15) is 4.79 Å². The van der Waals surface area contributed by atoms with Gasteiger partial charge < -0.3 is 9.30 Å². The van der Waals surface area contributed by atoms with E-state index in [-0.39, 0.29) is 12.4 Å². The van der Waals surface area contributed by atoms with E-state index >= 15 is 0 Å². The Hall–Kier alpha value is -1.59. The monoisotopic (exact) mass is 310 g/mol. The average Bonchev–Trinajstić information content (AvgIpc) is 2.83. The molecule has 0 spiro atoms. The molecule has 1 heterocycles. The number of thiazole rings is 1. The number of carbonyl (C=O) groups is 1. The van der Waals surface area contributed by atoms with Crippen LogP contribution < -0.4 is 4.80 Å². The molecule has 20 heavy (non-hydrogen) atoms. The molecule has 0 saturated heterocycles. The van der Waals surface area contributed by atoms with Gasteiger partial charge in [0, 0.05) is 22.6 Å². The van der Waals surface area contributed by atoms with Crippen molar-refractivity contribution in [3.8, 4) is 0 Å². The summed E-state index contributed by atoms with van der Waals surface area (Å²) in [6.07, 6.45) is 0.261. The van der Waals surface area contributed by atoms with Gasteiger partial charge in [0.2, 0.25) is 0 Å². The first-order chi connectivity index (χ1) is 9.63. The number of halogens is 1. The molecule has 106 valence electrons. The first kappa shape index (κ1) is 14.8. The van der Waals surface area contributed by atoms with Crippen molar-refractivity contribution in [2.75, 3.05) is 7.11 Å². The molecule has 0 saturated carbocycles. The zero-order valence-corrected chi connectivity index (χ0v) is 12.9. The average molecular weight is 311 g/mol. The van der Waals surface area contributed by atoms with Gasteiger partial charge in [-0.25, -0.2) is 4.99 Å². The van der Waals surface area contributed by atoms with Crippen LogP contribution in [0.4, 0.5) is 5.69 Å². The summed E-state index contributed by atoms with van der Waals surface area (Å²) in [5, 5.41) is 2.62. The van der Waals surface area contributed by atoms with Gasteiger partial charge in [-0.15, -0.1) is 11.3 Å². The van der Waals surface area contributed by atoms with Crippen LogP contribution in [0.3, 0.4) is 0 Å². The van der Waals surface area contributed by atoms with Gasteiger partial charge in [-0.3, -0.25) is 4.79 Å². The van der Waals surface area contributed by atoms with Gasteiger partial charge >= 0.3 is 5.97 Å². The first-order valence-corrected chi connectivity index (χ1v) is 7.44. The number of esters is 1. The number of nitrogens with zero attached hydrogens (tertiary/aromatic N) is 2. The van der Waals surface area contributed by atoms with Crippen LogP contribution in [0.1, 0.15) is 12.6 Å². The Kier molecular flexibility index (Phi) is 4.98. The van der Waals surface area contributed by atoms with E-state index in [1.54, 1.807) is 12.1 Å². The molecule has 0 bridgehead atoms. The second-order valence-corrected chi connectivity index (χ2v) is 5.37. The summed E-state index contributed by atoms with van der Waals surface area (Å²) in [7, 11) is 1.39. The lowest BCUT2D eigenvalue weighted by Gasteiger charge is -2.04. The molecule has 0 aliphatic rings. The highest BCUT2D eigenvalue weighted by Crippen LogP contribution is 2.16. The molecule has 2 rings (SSSR count). The number of benzene rings is 1. The predicted octanol–water partition coefficient (Wildman–Crippen LogP) is 3.17. The van der Waals surface area contributed by atoms with Crippen LogP contribution in [0, 0.1) is 0 Å². The Morgan fingerprint density at radius 1 is 1.40 bits per heavy atom. The lowest BCUT2D eigenvalue weighted by atomic mass is 10.3. The van der Waals surface area contributed by atoms with Gasteiger partial charge in [0.05, 0.1) is 19.2 Å². The molecule has 0 unspecified atom stereocenters. The summed E-state index contributed by atoms with van der Waals surface area (Å²) in [5.41, 5.74) is 1.75. The van der Waals surface area contributed by atoms with E-state index in [4.69, 9.17) is 16.3 Å². The largest absolute Gasteiger partial charge is 0.469 e. The van der Waals surface area contributed by atoms with Crippen LogP contribution in [-0.2, 0) is 22.5 Å². The van der Waals surface area contributed by atoms with Crippen molar-refractivity contribution in [1.29, 1.82) is 0 Å². The van der Waals surface area contributed by atoms with E-state index in [0.29, 0.717) is 5.02 Å². The molecule has 0 atom stereocenters. The molecule has 0 amide bonds. The highest BCUT2D eigenvalue weighted by molar-refractivity contribution is 7.07. The van der Waals surface area contributed by atoms with Crippen molar-refractivity contribution < 1.29 is 9.53 Å². The maximum Gasteiger partial charge on any atom is 0.311 e. The number of hydrogen-bond acceptors (Lipinski definition) is 4. The van der Waals surface area contributed by atoms with Crippen molar-refractivity contribution in [1.82, 2.24) is 4.57 Å². The van der Waals surface area contributed by atoms with E-state index < -0.39 is 0 Å². The summed E-state index contributed by atoms with van der Waals surface area (Å²) < 4.78 is 6.71. The van der Waals surface area contributed by atoms with Gasteiger partial charge in [0.15, 0.2) is 4.80 Å². The van der Waals surface area contributed by atoms with Gasteiger partial charge in [0.1, 0.15) is 0 Å². The van der Waals surface area contributed by atoms with E-state index in [1.165, 1.54) is 18.4 Å².